The number of hydrogen-bond acceptors (Lipinski definition) is 3. The van der Waals surface area contributed by atoms with E-state index in [0.717, 1.165) is 28.9 Å². The average Bonchev–Trinajstić information content (AvgIpc) is 2.42. The number of alkyl halides is 3. The van der Waals surface area contributed by atoms with Gasteiger partial charge in [0.2, 0.25) is 0 Å². The molecule has 2 rings (SSSR count). The molecule has 0 amide bonds. The van der Waals surface area contributed by atoms with Crippen LogP contribution in [0.2, 0.25) is 0 Å². The molecule has 3 nitrogen and oxygen atoms in total. The SMILES string of the molecule is Cc1cc(NCc2ccc(C(F)(F)F)cc2)cc(N)c1N. The van der Waals surface area contributed by atoms with Gasteiger partial charge in [-0.05, 0) is 42.3 Å². The summed E-state index contributed by atoms with van der Waals surface area (Å²) in [6, 6.07) is 8.58. The van der Waals surface area contributed by atoms with Crippen LogP contribution in [-0.4, -0.2) is 0 Å². The minimum absolute atomic E-state index is 0.404. The van der Waals surface area contributed by atoms with Crippen LogP contribution < -0.4 is 16.8 Å². The Morgan fingerprint density at radius 1 is 1.05 bits per heavy atom. The lowest BCUT2D eigenvalue weighted by molar-refractivity contribution is -0.137. The van der Waals surface area contributed by atoms with Crippen molar-refractivity contribution in [2.75, 3.05) is 16.8 Å². The molecule has 0 fully saturated rings. The van der Waals surface area contributed by atoms with Gasteiger partial charge < -0.3 is 16.8 Å². The third kappa shape index (κ3) is 3.59. The van der Waals surface area contributed by atoms with Gasteiger partial charge in [0.25, 0.3) is 0 Å². The van der Waals surface area contributed by atoms with Crippen molar-refractivity contribution in [3.8, 4) is 0 Å². The van der Waals surface area contributed by atoms with Gasteiger partial charge in [-0.15, -0.1) is 0 Å². The van der Waals surface area contributed by atoms with Crippen molar-refractivity contribution in [2.45, 2.75) is 19.6 Å². The normalized spacial score (nSPS) is 11.4. The summed E-state index contributed by atoms with van der Waals surface area (Å²) < 4.78 is 37.4. The number of halogens is 3. The fourth-order valence-electron chi connectivity index (χ4n) is 1.94. The minimum Gasteiger partial charge on any atom is -0.397 e. The second-order valence-electron chi connectivity index (χ2n) is 4.84. The van der Waals surface area contributed by atoms with Crippen LogP contribution in [0.4, 0.5) is 30.2 Å². The first-order valence-corrected chi connectivity index (χ1v) is 6.33. The van der Waals surface area contributed by atoms with Gasteiger partial charge in [0.1, 0.15) is 0 Å². The Hall–Kier alpha value is -2.37. The zero-order valence-corrected chi connectivity index (χ0v) is 11.5. The molecule has 5 N–H and O–H groups in total. The quantitative estimate of drug-likeness (QED) is 0.755. The molecule has 0 aromatic heterocycles. The monoisotopic (exact) mass is 295 g/mol. The second-order valence-corrected chi connectivity index (χ2v) is 4.84. The summed E-state index contributed by atoms with van der Waals surface area (Å²) in [5.41, 5.74) is 14.3. The molecule has 112 valence electrons. The summed E-state index contributed by atoms with van der Waals surface area (Å²) in [7, 11) is 0. The van der Waals surface area contributed by atoms with Gasteiger partial charge in [-0.1, -0.05) is 12.1 Å². The standard InChI is InChI=1S/C15H16F3N3/c1-9-6-12(7-13(19)14(9)20)21-8-10-2-4-11(5-3-10)15(16,17)18/h2-7,21H,8,19-20H2,1H3. The van der Waals surface area contributed by atoms with Gasteiger partial charge in [0.05, 0.1) is 16.9 Å². The first-order chi connectivity index (χ1) is 9.77. The fraction of sp³-hybridized carbons (Fsp3) is 0.200. The molecular formula is C15H16F3N3. The van der Waals surface area contributed by atoms with E-state index in [1.165, 1.54) is 12.1 Å². The van der Waals surface area contributed by atoms with Crippen molar-refractivity contribution in [2.24, 2.45) is 0 Å². The molecule has 0 spiro atoms. The molecule has 0 saturated heterocycles. The van der Waals surface area contributed by atoms with E-state index in [1.807, 2.05) is 13.0 Å². The van der Waals surface area contributed by atoms with Crippen molar-refractivity contribution < 1.29 is 13.2 Å². The van der Waals surface area contributed by atoms with Gasteiger partial charge in [0, 0.05) is 12.2 Å². The number of benzene rings is 2. The first-order valence-electron chi connectivity index (χ1n) is 6.33. The van der Waals surface area contributed by atoms with Crippen molar-refractivity contribution in [1.29, 1.82) is 0 Å². The van der Waals surface area contributed by atoms with Crippen molar-refractivity contribution in [3.63, 3.8) is 0 Å². The Morgan fingerprint density at radius 3 is 2.19 bits per heavy atom. The van der Waals surface area contributed by atoms with Crippen molar-refractivity contribution in [1.82, 2.24) is 0 Å². The van der Waals surface area contributed by atoms with Gasteiger partial charge >= 0.3 is 6.18 Å². The summed E-state index contributed by atoms with van der Waals surface area (Å²) in [6.45, 7) is 2.25. The first kappa shape index (κ1) is 15.0. The molecule has 0 aliphatic heterocycles. The summed E-state index contributed by atoms with van der Waals surface area (Å²) >= 11 is 0. The number of nitrogen functional groups attached to an aromatic ring is 2. The molecule has 0 atom stereocenters. The molecule has 2 aromatic rings. The molecule has 21 heavy (non-hydrogen) atoms. The molecule has 0 unspecified atom stereocenters. The highest BCUT2D eigenvalue weighted by Crippen LogP contribution is 2.29. The van der Waals surface area contributed by atoms with E-state index in [-0.39, 0.29) is 0 Å². The van der Waals surface area contributed by atoms with Crippen molar-refractivity contribution >= 4 is 17.1 Å². The van der Waals surface area contributed by atoms with Crippen LogP contribution >= 0.6 is 0 Å². The Labute approximate surface area is 120 Å². The van der Waals surface area contributed by atoms with Crippen LogP contribution in [0.15, 0.2) is 36.4 Å². The number of nitrogens with one attached hydrogen (secondary N) is 1. The second kappa shape index (κ2) is 5.55. The molecular weight excluding hydrogens is 279 g/mol. The van der Waals surface area contributed by atoms with Crippen LogP contribution in [0.3, 0.4) is 0 Å². The Balaban J connectivity index is 2.07. The Bertz CT molecular complexity index is 611. The van der Waals surface area contributed by atoms with Gasteiger partial charge in [0.15, 0.2) is 0 Å². The molecule has 0 radical (unpaired) electrons. The lowest BCUT2D eigenvalue weighted by Gasteiger charge is -2.12. The predicted octanol–water partition coefficient (Wildman–Crippen LogP) is 3.79. The minimum atomic E-state index is -4.31. The fourth-order valence-corrected chi connectivity index (χ4v) is 1.94. The highest BCUT2D eigenvalue weighted by atomic mass is 19.4. The van der Waals surface area contributed by atoms with Gasteiger partial charge in [-0.25, -0.2) is 0 Å². The molecule has 0 heterocycles. The van der Waals surface area contributed by atoms with Crippen LogP contribution in [0.25, 0.3) is 0 Å². The summed E-state index contributed by atoms with van der Waals surface area (Å²) in [5.74, 6) is 0. The maximum Gasteiger partial charge on any atom is 0.416 e. The highest BCUT2D eigenvalue weighted by molar-refractivity contribution is 5.73. The average molecular weight is 295 g/mol. The number of aryl methyl sites for hydroxylation is 1. The zero-order valence-electron chi connectivity index (χ0n) is 11.5. The number of rotatable bonds is 3. The van der Waals surface area contributed by atoms with Crippen LogP contribution in [0.1, 0.15) is 16.7 Å². The third-order valence-electron chi connectivity index (χ3n) is 3.20. The van der Waals surface area contributed by atoms with E-state index >= 15 is 0 Å². The van der Waals surface area contributed by atoms with E-state index in [2.05, 4.69) is 5.32 Å². The molecule has 0 aliphatic rings. The molecule has 0 aliphatic carbocycles. The highest BCUT2D eigenvalue weighted by Gasteiger charge is 2.29. The van der Waals surface area contributed by atoms with E-state index in [0.29, 0.717) is 17.9 Å². The topological polar surface area (TPSA) is 64.1 Å². The Morgan fingerprint density at radius 2 is 1.67 bits per heavy atom. The van der Waals surface area contributed by atoms with Gasteiger partial charge in [-0.3, -0.25) is 0 Å². The Kier molecular flexibility index (Phi) is 3.97. The largest absolute Gasteiger partial charge is 0.416 e. The van der Waals surface area contributed by atoms with E-state index in [1.54, 1.807) is 6.07 Å². The van der Waals surface area contributed by atoms with Crippen LogP contribution in [0, 0.1) is 6.92 Å². The number of hydrogen-bond donors (Lipinski definition) is 3. The van der Waals surface area contributed by atoms with E-state index in [9.17, 15) is 13.2 Å². The molecule has 6 heteroatoms. The van der Waals surface area contributed by atoms with Crippen molar-refractivity contribution in [3.05, 3.63) is 53.1 Å². The number of anilines is 3. The zero-order chi connectivity index (χ0) is 15.6. The van der Waals surface area contributed by atoms with Crippen LogP contribution in [-0.2, 0) is 12.7 Å². The maximum atomic E-state index is 12.5. The summed E-state index contributed by atoms with van der Waals surface area (Å²) in [4.78, 5) is 0. The van der Waals surface area contributed by atoms with E-state index in [4.69, 9.17) is 11.5 Å². The molecule has 0 saturated carbocycles. The van der Waals surface area contributed by atoms with E-state index < -0.39 is 11.7 Å². The molecule has 2 aromatic carbocycles. The predicted molar refractivity (Wildman–Crippen MR) is 78.8 cm³/mol. The summed E-state index contributed by atoms with van der Waals surface area (Å²) in [5, 5.41) is 3.11. The smallest absolute Gasteiger partial charge is 0.397 e. The lowest BCUT2D eigenvalue weighted by atomic mass is 10.1. The maximum absolute atomic E-state index is 12.5. The third-order valence-corrected chi connectivity index (χ3v) is 3.20. The van der Waals surface area contributed by atoms with Gasteiger partial charge in [-0.2, -0.15) is 13.2 Å². The number of nitrogens with two attached hydrogens (primary N) is 2. The lowest BCUT2D eigenvalue weighted by Crippen LogP contribution is -2.06. The summed E-state index contributed by atoms with van der Waals surface area (Å²) in [6.07, 6.45) is -4.31. The van der Waals surface area contributed by atoms with Crippen LogP contribution in [0.5, 0.6) is 0 Å². The molecule has 0 bridgehead atoms.